The van der Waals surface area contributed by atoms with Crippen molar-refractivity contribution in [3.63, 3.8) is 0 Å². The van der Waals surface area contributed by atoms with E-state index in [9.17, 15) is 4.79 Å². The molecule has 1 heterocycles. The topological polar surface area (TPSA) is 31.2 Å². The maximum absolute atomic E-state index is 12.4. The average Bonchev–Trinajstić information content (AvgIpc) is 2.92. The molecule has 1 saturated carbocycles. The van der Waals surface area contributed by atoms with Gasteiger partial charge in [-0.2, -0.15) is 0 Å². The first-order valence-corrected chi connectivity index (χ1v) is 8.88. The van der Waals surface area contributed by atoms with Crippen LogP contribution < -0.4 is 0 Å². The van der Waals surface area contributed by atoms with Crippen LogP contribution in [0, 0.1) is 18.3 Å². The molecular formula is C20H21Cl2NO2. The van der Waals surface area contributed by atoms with Crippen molar-refractivity contribution >= 4 is 29.2 Å². The zero-order valence-electron chi connectivity index (χ0n) is 14.7. The lowest BCUT2D eigenvalue weighted by Crippen LogP contribution is -2.17. The monoisotopic (exact) mass is 377 g/mol. The summed E-state index contributed by atoms with van der Waals surface area (Å²) in [5.74, 6) is -0.585. The van der Waals surface area contributed by atoms with Crippen LogP contribution in [0.25, 0.3) is 5.69 Å². The number of hydrogen-bond donors (Lipinski definition) is 0. The Bertz CT molecular complexity index is 835. The summed E-state index contributed by atoms with van der Waals surface area (Å²) in [4.78, 5) is 12.4. The van der Waals surface area contributed by atoms with Crippen LogP contribution in [0.2, 0.25) is 0 Å². The maximum Gasteiger partial charge on any atom is 0.310 e. The Morgan fingerprint density at radius 2 is 1.84 bits per heavy atom. The zero-order valence-corrected chi connectivity index (χ0v) is 16.2. The van der Waals surface area contributed by atoms with E-state index < -0.39 is 5.41 Å². The molecule has 3 rings (SSSR count). The number of allylic oxidation sites excluding steroid dienone is 1. The summed E-state index contributed by atoms with van der Waals surface area (Å²) in [5, 5.41) is 0. The Morgan fingerprint density at radius 1 is 1.20 bits per heavy atom. The number of aromatic nitrogens is 1. The van der Waals surface area contributed by atoms with Crippen molar-refractivity contribution in [2.45, 2.75) is 26.2 Å². The van der Waals surface area contributed by atoms with Gasteiger partial charge in [0.1, 0.15) is 4.49 Å². The zero-order chi connectivity index (χ0) is 18.4. The highest BCUT2D eigenvalue weighted by Gasteiger charge is 2.75. The van der Waals surface area contributed by atoms with Crippen molar-refractivity contribution < 1.29 is 9.53 Å². The molecule has 2 atom stereocenters. The van der Waals surface area contributed by atoms with Gasteiger partial charge in [-0.25, -0.2) is 0 Å². The number of rotatable bonds is 4. The second-order valence-corrected chi connectivity index (χ2v) is 8.03. The second kappa shape index (κ2) is 6.22. The number of nitrogens with zero attached hydrogens (tertiary/aromatic N) is 1. The molecule has 0 saturated heterocycles. The van der Waals surface area contributed by atoms with Crippen molar-refractivity contribution in [3.05, 3.63) is 64.4 Å². The standard InChI is InChI=1S/C20H21Cl2NO2/c1-13-14(8-7-9-15(13)23-10-5-6-11-23)20(12-16(21)22)17(18(24)25-4)19(20,2)3/h5-12,17H,1-4H3. The number of hydrogen-bond acceptors (Lipinski definition) is 2. The Kier molecular flexibility index (Phi) is 4.50. The molecule has 1 aromatic heterocycles. The second-order valence-electron chi connectivity index (χ2n) is 7.02. The molecule has 3 nitrogen and oxygen atoms in total. The lowest BCUT2D eigenvalue weighted by Gasteiger charge is -2.22. The maximum atomic E-state index is 12.4. The molecule has 0 N–H and O–H groups in total. The summed E-state index contributed by atoms with van der Waals surface area (Å²) >= 11 is 12.1. The molecule has 1 aromatic carbocycles. The van der Waals surface area contributed by atoms with E-state index in [1.54, 1.807) is 6.08 Å². The molecule has 132 valence electrons. The van der Waals surface area contributed by atoms with Gasteiger partial charge in [-0.3, -0.25) is 4.79 Å². The number of carbonyl (C=O) groups is 1. The number of ether oxygens (including phenoxy) is 1. The molecule has 1 aliphatic rings. The van der Waals surface area contributed by atoms with Crippen molar-refractivity contribution in [2.75, 3.05) is 7.11 Å². The molecule has 0 radical (unpaired) electrons. The van der Waals surface area contributed by atoms with Gasteiger partial charge in [0, 0.05) is 23.5 Å². The van der Waals surface area contributed by atoms with Crippen LogP contribution in [0.5, 0.6) is 0 Å². The van der Waals surface area contributed by atoms with Crippen molar-refractivity contribution in [1.82, 2.24) is 4.57 Å². The van der Waals surface area contributed by atoms with E-state index in [0.29, 0.717) is 0 Å². The van der Waals surface area contributed by atoms with Gasteiger partial charge in [-0.15, -0.1) is 0 Å². The van der Waals surface area contributed by atoms with Crippen LogP contribution >= 0.6 is 23.2 Å². The van der Waals surface area contributed by atoms with Gasteiger partial charge in [0.25, 0.3) is 0 Å². The highest BCUT2D eigenvalue weighted by atomic mass is 35.5. The number of carbonyl (C=O) groups excluding carboxylic acids is 1. The van der Waals surface area contributed by atoms with E-state index in [0.717, 1.165) is 16.8 Å². The van der Waals surface area contributed by atoms with Crippen LogP contribution in [0.4, 0.5) is 0 Å². The predicted molar refractivity (Wildman–Crippen MR) is 101 cm³/mol. The molecule has 0 spiro atoms. The number of esters is 1. The van der Waals surface area contributed by atoms with E-state index in [2.05, 4.69) is 17.6 Å². The van der Waals surface area contributed by atoms with Crippen molar-refractivity contribution in [3.8, 4) is 5.69 Å². The largest absolute Gasteiger partial charge is 0.469 e. The van der Waals surface area contributed by atoms with Crippen LogP contribution in [-0.4, -0.2) is 17.6 Å². The molecule has 0 amide bonds. The fourth-order valence-electron chi connectivity index (χ4n) is 4.26. The van der Waals surface area contributed by atoms with Gasteiger partial charge < -0.3 is 9.30 Å². The average molecular weight is 378 g/mol. The molecule has 1 fully saturated rings. The van der Waals surface area contributed by atoms with Crippen molar-refractivity contribution in [1.29, 1.82) is 0 Å². The van der Waals surface area contributed by atoms with Gasteiger partial charge in [0.05, 0.1) is 13.0 Å². The third-order valence-electron chi connectivity index (χ3n) is 5.57. The third-order valence-corrected chi connectivity index (χ3v) is 5.79. The minimum atomic E-state index is -0.591. The van der Waals surface area contributed by atoms with Gasteiger partial charge in [-0.05, 0) is 47.7 Å². The van der Waals surface area contributed by atoms with E-state index in [4.69, 9.17) is 27.9 Å². The number of halogens is 2. The molecule has 2 unspecified atom stereocenters. The Labute approximate surface area is 158 Å². The van der Waals surface area contributed by atoms with Gasteiger partial charge in [0.2, 0.25) is 0 Å². The highest BCUT2D eigenvalue weighted by Crippen LogP contribution is 2.71. The Balaban J connectivity index is 2.23. The molecule has 2 aromatic rings. The molecule has 25 heavy (non-hydrogen) atoms. The first-order valence-electron chi connectivity index (χ1n) is 8.12. The fourth-order valence-corrected chi connectivity index (χ4v) is 4.61. The first kappa shape index (κ1) is 18.1. The summed E-state index contributed by atoms with van der Waals surface area (Å²) in [6, 6.07) is 10.1. The highest BCUT2D eigenvalue weighted by molar-refractivity contribution is 6.56. The third kappa shape index (κ3) is 2.61. The fraction of sp³-hybridized carbons (Fsp3) is 0.350. The SMILES string of the molecule is COC(=O)C1C(C)(C)C1(C=C(Cl)Cl)c1cccc(-n2cccc2)c1C. The summed E-state index contributed by atoms with van der Waals surface area (Å²) in [6.45, 7) is 6.15. The van der Waals surface area contributed by atoms with Gasteiger partial charge in [-0.1, -0.05) is 49.2 Å². The molecule has 0 bridgehead atoms. The van der Waals surface area contributed by atoms with Crippen LogP contribution in [-0.2, 0) is 14.9 Å². The minimum Gasteiger partial charge on any atom is -0.469 e. The van der Waals surface area contributed by atoms with Gasteiger partial charge in [0.15, 0.2) is 0 Å². The summed E-state index contributed by atoms with van der Waals surface area (Å²) < 4.78 is 7.27. The molecular weight excluding hydrogens is 357 g/mol. The summed E-state index contributed by atoms with van der Waals surface area (Å²) in [6.07, 6.45) is 5.79. The van der Waals surface area contributed by atoms with E-state index in [1.807, 2.05) is 50.5 Å². The van der Waals surface area contributed by atoms with Crippen LogP contribution in [0.15, 0.2) is 53.3 Å². The Hall–Kier alpha value is -1.71. The molecule has 5 heteroatoms. The van der Waals surface area contributed by atoms with E-state index in [1.165, 1.54) is 7.11 Å². The molecule has 0 aliphatic heterocycles. The quantitative estimate of drug-likeness (QED) is 0.688. The summed E-state index contributed by atoms with van der Waals surface area (Å²) in [7, 11) is 1.41. The van der Waals surface area contributed by atoms with E-state index >= 15 is 0 Å². The van der Waals surface area contributed by atoms with Crippen LogP contribution in [0.1, 0.15) is 25.0 Å². The summed E-state index contributed by atoms with van der Waals surface area (Å²) in [5.41, 5.74) is 2.25. The lowest BCUT2D eigenvalue weighted by atomic mass is 9.84. The predicted octanol–water partition coefficient (Wildman–Crippen LogP) is 5.17. The molecule has 1 aliphatic carbocycles. The first-order chi connectivity index (χ1) is 11.8. The van der Waals surface area contributed by atoms with E-state index in [-0.39, 0.29) is 21.8 Å². The minimum absolute atomic E-state index is 0.158. The van der Waals surface area contributed by atoms with Gasteiger partial charge >= 0.3 is 5.97 Å². The number of methoxy groups -OCH3 is 1. The normalized spacial score (nSPS) is 23.8. The lowest BCUT2D eigenvalue weighted by molar-refractivity contribution is -0.143. The number of benzene rings is 1. The smallest absolute Gasteiger partial charge is 0.310 e. The Morgan fingerprint density at radius 3 is 2.40 bits per heavy atom. The van der Waals surface area contributed by atoms with Crippen molar-refractivity contribution in [2.24, 2.45) is 11.3 Å². The van der Waals surface area contributed by atoms with Crippen LogP contribution in [0.3, 0.4) is 0 Å².